The number of rotatable bonds is 5. The van der Waals surface area contributed by atoms with E-state index in [1.165, 1.54) is 12.4 Å². The van der Waals surface area contributed by atoms with Gasteiger partial charge >= 0.3 is 0 Å². The number of fused-ring (bicyclic) bond motifs is 1. The van der Waals surface area contributed by atoms with Crippen LogP contribution in [0.15, 0.2) is 73.1 Å². The van der Waals surface area contributed by atoms with Crippen LogP contribution in [0.2, 0.25) is 0 Å². The van der Waals surface area contributed by atoms with Gasteiger partial charge in [0.05, 0.1) is 10.9 Å². The lowest BCUT2D eigenvalue weighted by molar-refractivity contribution is 0.305. The van der Waals surface area contributed by atoms with Gasteiger partial charge < -0.3 is 15.8 Å². The fourth-order valence-electron chi connectivity index (χ4n) is 2.74. The van der Waals surface area contributed by atoms with E-state index >= 15 is 0 Å². The summed E-state index contributed by atoms with van der Waals surface area (Å²) in [6.45, 7) is 0.355. The SMILES string of the molecule is Nc1ccc(Nc2ncnc3cc(OCc4ccccc4)cc(F)c23)cc1. The fourth-order valence-corrected chi connectivity index (χ4v) is 2.74. The van der Waals surface area contributed by atoms with Crippen LogP contribution in [-0.2, 0) is 6.61 Å². The summed E-state index contributed by atoms with van der Waals surface area (Å²) in [5, 5.41) is 3.41. The summed E-state index contributed by atoms with van der Waals surface area (Å²) >= 11 is 0. The molecule has 0 radical (unpaired) electrons. The Labute approximate surface area is 155 Å². The lowest BCUT2D eigenvalue weighted by atomic mass is 10.2. The maximum Gasteiger partial charge on any atom is 0.144 e. The number of hydrogen-bond donors (Lipinski definition) is 2. The number of nitrogens with two attached hydrogens (primary N) is 1. The van der Waals surface area contributed by atoms with Crippen molar-refractivity contribution in [3.63, 3.8) is 0 Å². The minimum Gasteiger partial charge on any atom is -0.489 e. The van der Waals surface area contributed by atoms with E-state index in [1.807, 2.05) is 30.3 Å². The van der Waals surface area contributed by atoms with Crippen LogP contribution in [0.3, 0.4) is 0 Å². The number of nitrogens with one attached hydrogen (secondary N) is 1. The molecule has 3 N–H and O–H groups in total. The van der Waals surface area contributed by atoms with Gasteiger partial charge in [-0.1, -0.05) is 30.3 Å². The molecule has 3 aromatic carbocycles. The average molecular weight is 360 g/mol. The number of ether oxygens (including phenoxy) is 1. The first kappa shape index (κ1) is 16.8. The minimum absolute atomic E-state index is 0.307. The second-order valence-electron chi connectivity index (χ2n) is 6.04. The van der Waals surface area contributed by atoms with Crippen molar-refractivity contribution < 1.29 is 9.13 Å². The number of benzene rings is 3. The predicted molar refractivity (Wildman–Crippen MR) is 104 cm³/mol. The second kappa shape index (κ2) is 7.29. The van der Waals surface area contributed by atoms with Crippen molar-refractivity contribution in [2.24, 2.45) is 0 Å². The van der Waals surface area contributed by atoms with Crippen molar-refractivity contribution in [1.82, 2.24) is 9.97 Å². The molecule has 0 atom stereocenters. The number of nitrogen functional groups attached to an aromatic ring is 1. The molecule has 0 saturated carbocycles. The molecule has 0 bridgehead atoms. The van der Waals surface area contributed by atoms with Crippen molar-refractivity contribution in [2.75, 3.05) is 11.1 Å². The van der Waals surface area contributed by atoms with Crippen LogP contribution in [0.4, 0.5) is 21.6 Å². The lowest BCUT2D eigenvalue weighted by Gasteiger charge is -2.11. The van der Waals surface area contributed by atoms with Gasteiger partial charge in [-0.05, 0) is 29.8 Å². The molecule has 0 spiro atoms. The predicted octanol–water partition coefficient (Wildman–Crippen LogP) is 4.67. The van der Waals surface area contributed by atoms with Crippen molar-refractivity contribution in [2.45, 2.75) is 6.61 Å². The van der Waals surface area contributed by atoms with Gasteiger partial charge in [-0.3, -0.25) is 0 Å². The standard InChI is InChI=1S/C21H17FN4O/c22-18-10-17(27-12-14-4-2-1-3-5-14)11-19-20(18)21(25-13-24-19)26-16-8-6-15(23)7-9-16/h1-11,13H,12,23H2,(H,24,25,26). The van der Waals surface area contributed by atoms with Crippen LogP contribution in [-0.4, -0.2) is 9.97 Å². The zero-order valence-corrected chi connectivity index (χ0v) is 14.4. The Morgan fingerprint density at radius 2 is 1.74 bits per heavy atom. The molecule has 4 rings (SSSR count). The van der Waals surface area contributed by atoms with Crippen LogP contribution in [0, 0.1) is 5.82 Å². The summed E-state index contributed by atoms with van der Waals surface area (Å²) in [6.07, 6.45) is 1.39. The van der Waals surface area contributed by atoms with Crippen LogP contribution in [0.5, 0.6) is 5.75 Å². The first-order chi connectivity index (χ1) is 13.2. The zero-order valence-electron chi connectivity index (χ0n) is 14.4. The molecule has 0 aliphatic carbocycles. The van der Waals surface area contributed by atoms with Crippen molar-refractivity contribution in [1.29, 1.82) is 0 Å². The number of nitrogens with zero attached hydrogens (tertiary/aromatic N) is 2. The first-order valence-corrected chi connectivity index (χ1v) is 8.42. The summed E-state index contributed by atoms with van der Waals surface area (Å²) in [5.74, 6) is 0.354. The Bertz CT molecular complexity index is 1070. The third kappa shape index (κ3) is 3.79. The number of hydrogen-bond acceptors (Lipinski definition) is 5. The monoisotopic (exact) mass is 360 g/mol. The van der Waals surface area contributed by atoms with E-state index in [0.29, 0.717) is 34.8 Å². The smallest absolute Gasteiger partial charge is 0.144 e. The zero-order chi connectivity index (χ0) is 18.6. The van der Waals surface area contributed by atoms with Gasteiger partial charge in [0.1, 0.15) is 30.3 Å². The third-order valence-electron chi connectivity index (χ3n) is 4.09. The summed E-state index contributed by atoms with van der Waals surface area (Å²) < 4.78 is 20.5. The van der Waals surface area contributed by atoms with Gasteiger partial charge in [-0.2, -0.15) is 0 Å². The van der Waals surface area contributed by atoms with Crippen molar-refractivity contribution >= 4 is 28.1 Å². The lowest BCUT2D eigenvalue weighted by Crippen LogP contribution is -2.00. The van der Waals surface area contributed by atoms with E-state index in [4.69, 9.17) is 10.5 Å². The molecule has 6 heteroatoms. The highest BCUT2D eigenvalue weighted by molar-refractivity contribution is 5.92. The van der Waals surface area contributed by atoms with Gasteiger partial charge in [0.2, 0.25) is 0 Å². The third-order valence-corrected chi connectivity index (χ3v) is 4.09. The number of halogens is 1. The Morgan fingerprint density at radius 1 is 0.963 bits per heavy atom. The average Bonchev–Trinajstić information content (AvgIpc) is 2.69. The highest BCUT2D eigenvalue weighted by atomic mass is 19.1. The molecule has 5 nitrogen and oxygen atoms in total. The molecular formula is C21H17FN4O. The van der Waals surface area contributed by atoms with E-state index in [0.717, 1.165) is 11.3 Å². The number of anilines is 3. The van der Waals surface area contributed by atoms with Crippen molar-refractivity contribution in [3.05, 3.63) is 84.4 Å². The molecular weight excluding hydrogens is 343 g/mol. The fraction of sp³-hybridized carbons (Fsp3) is 0.0476. The van der Waals surface area contributed by atoms with E-state index in [2.05, 4.69) is 15.3 Å². The molecule has 1 heterocycles. The van der Waals surface area contributed by atoms with Gasteiger partial charge in [0, 0.05) is 23.5 Å². The number of aromatic nitrogens is 2. The maximum atomic E-state index is 14.8. The molecule has 0 aliphatic heterocycles. The Balaban J connectivity index is 1.62. The van der Waals surface area contributed by atoms with Gasteiger partial charge in [-0.15, -0.1) is 0 Å². The molecule has 1 aromatic heterocycles. The van der Waals surface area contributed by atoms with Crippen LogP contribution in [0.25, 0.3) is 10.9 Å². The largest absolute Gasteiger partial charge is 0.489 e. The summed E-state index contributed by atoms with van der Waals surface area (Å²) in [6, 6.07) is 19.9. The van der Waals surface area contributed by atoms with Crippen LogP contribution in [0.1, 0.15) is 5.56 Å². The molecule has 134 valence electrons. The first-order valence-electron chi connectivity index (χ1n) is 8.42. The van der Waals surface area contributed by atoms with Gasteiger partial charge in [-0.25, -0.2) is 14.4 Å². The molecule has 0 fully saturated rings. The minimum atomic E-state index is -0.450. The Morgan fingerprint density at radius 3 is 2.52 bits per heavy atom. The van der Waals surface area contributed by atoms with E-state index < -0.39 is 5.82 Å². The molecule has 0 unspecified atom stereocenters. The molecule has 4 aromatic rings. The molecule has 0 saturated heterocycles. The highest BCUT2D eigenvalue weighted by Gasteiger charge is 2.12. The maximum absolute atomic E-state index is 14.8. The van der Waals surface area contributed by atoms with Crippen LogP contribution < -0.4 is 15.8 Å². The van der Waals surface area contributed by atoms with E-state index in [1.54, 1.807) is 30.3 Å². The summed E-state index contributed by atoms with van der Waals surface area (Å²) in [5.41, 5.74) is 8.57. The quantitative estimate of drug-likeness (QED) is 0.506. The normalized spacial score (nSPS) is 10.7. The molecule has 27 heavy (non-hydrogen) atoms. The van der Waals surface area contributed by atoms with Crippen molar-refractivity contribution in [3.8, 4) is 5.75 Å². The van der Waals surface area contributed by atoms with Gasteiger partial charge in [0.25, 0.3) is 0 Å². The Hall–Kier alpha value is -3.67. The van der Waals surface area contributed by atoms with Crippen LogP contribution >= 0.6 is 0 Å². The molecule has 0 aliphatic rings. The topological polar surface area (TPSA) is 73.1 Å². The second-order valence-corrected chi connectivity index (χ2v) is 6.04. The van der Waals surface area contributed by atoms with E-state index in [9.17, 15) is 4.39 Å². The van der Waals surface area contributed by atoms with Gasteiger partial charge in [0.15, 0.2) is 0 Å². The summed E-state index contributed by atoms with van der Waals surface area (Å²) in [4.78, 5) is 8.36. The molecule has 0 amide bonds. The Kier molecular flexibility index (Phi) is 4.53. The summed E-state index contributed by atoms with van der Waals surface area (Å²) in [7, 11) is 0. The highest BCUT2D eigenvalue weighted by Crippen LogP contribution is 2.29. The van der Waals surface area contributed by atoms with E-state index in [-0.39, 0.29) is 0 Å².